The Hall–Kier alpha value is -15.6. The molecule has 0 N–H and O–H groups in total. The van der Waals surface area contributed by atoms with Gasteiger partial charge in [0.15, 0.2) is 0 Å². The predicted octanol–water partition coefficient (Wildman–Crippen LogP) is 30.8. The topological polar surface area (TPSA) is 81.2 Å². The summed E-state index contributed by atoms with van der Waals surface area (Å²) >= 11 is 0. The average molecular weight is 1650 g/mol. The highest BCUT2D eigenvalue weighted by atomic mass is 16.2. The Labute approximate surface area is 745 Å². The molecule has 13 aliphatic heterocycles. The van der Waals surface area contributed by atoms with Crippen LogP contribution in [0.4, 0.5) is 22.7 Å². The molecule has 8 nitrogen and oxygen atoms in total. The van der Waals surface area contributed by atoms with Crippen molar-refractivity contribution >= 4 is 133 Å². The number of rotatable bonds is 8. The van der Waals surface area contributed by atoms with Crippen molar-refractivity contribution in [2.75, 3.05) is 45.8 Å². The van der Waals surface area contributed by atoms with Gasteiger partial charge in [0.25, 0.3) is 23.6 Å². The fourth-order valence-electron chi connectivity index (χ4n) is 20.3. The highest BCUT2D eigenvalue weighted by molar-refractivity contribution is 6.27. The van der Waals surface area contributed by atoms with Crippen LogP contribution in [0.25, 0.3) is 175 Å². The first-order chi connectivity index (χ1) is 63.0. The Kier molecular flexibility index (Phi) is 21.0. The molecular weight excluding hydrogens is 1560 g/mol. The number of carbonyl (C=O) groups excluding carboxylic acids is 4. The molecule has 13 aliphatic rings. The van der Waals surface area contributed by atoms with Gasteiger partial charge in [-0.05, 0) is 298 Å². The summed E-state index contributed by atoms with van der Waals surface area (Å²) < 4.78 is 0. The van der Waals surface area contributed by atoms with Crippen molar-refractivity contribution in [3.05, 3.63) is 411 Å². The van der Waals surface area contributed by atoms with Gasteiger partial charge in [0.05, 0.1) is 0 Å². The van der Waals surface area contributed by atoms with E-state index in [4.69, 9.17) is 0 Å². The fourth-order valence-corrected chi connectivity index (χ4v) is 20.3. The van der Waals surface area contributed by atoms with Crippen molar-refractivity contribution in [2.24, 2.45) is 0 Å². The summed E-state index contributed by atoms with van der Waals surface area (Å²) in [5.74, 6) is -0.281. The maximum Gasteiger partial charge on any atom is 0.258 e. The van der Waals surface area contributed by atoms with E-state index in [1.165, 1.54) is 0 Å². The molecule has 20 aromatic rings. The molecule has 20 aromatic carbocycles. The number of amides is 4. The van der Waals surface area contributed by atoms with Crippen LogP contribution >= 0.6 is 0 Å². The number of hydrogen-bond acceptors (Lipinski definition) is 4. The third kappa shape index (κ3) is 13.9. The van der Waals surface area contributed by atoms with Gasteiger partial charge in [0.2, 0.25) is 0 Å². The Morgan fingerprint density at radius 2 is 0.242 bits per heavy atom. The smallest absolute Gasteiger partial charge is 0.258 e. The molecule has 24 bridgehead atoms. The summed E-state index contributed by atoms with van der Waals surface area (Å²) in [6, 6.07) is 136. The van der Waals surface area contributed by atoms with Crippen LogP contribution in [0.2, 0.25) is 0 Å². The van der Waals surface area contributed by atoms with Gasteiger partial charge in [-0.1, -0.05) is 319 Å². The first kappa shape index (κ1) is 79.5. The van der Waals surface area contributed by atoms with E-state index in [1.54, 1.807) is 0 Å². The van der Waals surface area contributed by atoms with E-state index in [-0.39, 0.29) is 23.6 Å². The Bertz CT molecular complexity index is 6620. The molecule has 0 saturated carbocycles. The monoisotopic (exact) mass is 1650 g/mol. The van der Waals surface area contributed by atoms with Crippen LogP contribution in [-0.4, -0.2) is 49.8 Å². The molecule has 616 valence electrons. The third-order valence-corrected chi connectivity index (χ3v) is 26.0. The summed E-state index contributed by atoms with van der Waals surface area (Å²) in [6.45, 7) is 10.6. The van der Waals surface area contributed by atoms with Gasteiger partial charge in [0.1, 0.15) is 0 Å². The molecule has 0 fully saturated rings. The quantitative estimate of drug-likeness (QED) is 0.142. The maximum absolute atomic E-state index is 15.1. The van der Waals surface area contributed by atoms with Gasteiger partial charge in [-0.15, -0.1) is 0 Å². The van der Waals surface area contributed by atoms with Crippen LogP contribution in [0.15, 0.2) is 388 Å². The maximum atomic E-state index is 15.1. The zero-order valence-corrected chi connectivity index (χ0v) is 72.0. The lowest BCUT2D eigenvalue weighted by molar-refractivity contribution is 0.0979. The highest BCUT2D eigenvalue weighted by Crippen LogP contribution is 2.50. The largest absolute Gasteiger partial charge is 0.308 e. The number of anilines is 4. The molecule has 128 heavy (non-hydrogen) atoms. The summed E-state index contributed by atoms with van der Waals surface area (Å²) in [6.07, 6.45) is 3.05. The number of fused-ring (bicyclic) bond motifs is 4. The normalized spacial score (nSPS) is 12.8. The van der Waals surface area contributed by atoms with Crippen LogP contribution in [0, 0.1) is 0 Å². The van der Waals surface area contributed by atoms with Gasteiger partial charge in [-0.25, -0.2) is 0 Å². The van der Waals surface area contributed by atoms with Crippen molar-refractivity contribution in [3.8, 4) is 89.0 Å². The number of nitrogens with zero attached hydrogens (tertiary/aromatic N) is 4. The summed E-state index contributed by atoms with van der Waals surface area (Å²) in [5, 5.41) is 17.6. The fraction of sp³-hybridized carbons (Fsp3) is 0.100. The molecule has 0 saturated heterocycles. The van der Waals surface area contributed by atoms with E-state index in [2.05, 4.69) is 367 Å². The molecule has 0 spiro atoms. The van der Waals surface area contributed by atoms with Crippen molar-refractivity contribution < 1.29 is 19.2 Å². The lowest BCUT2D eigenvalue weighted by atomic mass is 9.85. The minimum atomic E-state index is -0.0703. The summed E-state index contributed by atoms with van der Waals surface area (Å²) in [4.78, 5) is 68.2. The molecule has 33 rings (SSSR count). The van der Waals surface area contributed by atoms with Gasteiger partial charge in [-0.2, -0.15) is 0 Å². The lowest BCUT2D eigenvalue weighted by Gasteiger charge is -2.24. The molecular formula is C120H92N4O4. The molecule has 0 aliphatic carbocycles. The van der Waals surface area contributed by atoms with E-state index in [0.29, 0.717) is 48.4 Å². The summed E-state index contributed by atoms with van der Waals surface area (Å²) in [7, 11) is 0. The molecule has 13 heterocycles. The standard InChI is InChI=1S/C120H92N4O4/c1-5-73-121-89-65-57-81(58-66-89)113-101-33-17-9-25-93(101)110(94-26-10-18-34-102(94)113)78-43-51-86(52-44-78)118(126)123(75-7-3)91-69-61-83(62-70-91)115-105-37-21-13-29-97(105)112(98-30-14-22-38-106(98)115)80-47-55-88(56-48-80)120(128)124(76-8-4)92-71-63-84(64-72-92)116-107-39-23-15-31-99(107)111(100-32-16-24-40-108(100)116)79-45-53-87(54-46-79)119(127)122(74-6-2)90-67-59-82(60-68-90)114-103-35-19-11-27-95(103)109(96-28-12-20-36-104(96)114)77-41-49-85(50-42-77)117(121)125/h9-72H,5-8,73-76H2,1-4H3. The van der Waals surface area contributed by atoms with Crippen molar-refractivity contribution in [2.45, 2.75) is 53.4 Å². The van der Waals surface area contributed by atoms with E-state index >= 15 is 19.2 Å². The summed E-state index contributed by atoms with van der Waals surface area (Å²) in [5.41, 5.74) is 22.7. The second-order valence-electron chi connectivity index (χ2n) is 33.7. The van der Waals surface area contributed by atoms with E-state index in [9.17, 15) is 0 Å². The van der Waals surface area contributed by atoms with Gasteiger partial charge in [-0.3, -0.25) is 19.2 Å². The third-order valence-electron chi connectivity index (χ3n) is 26.0. The van der Waals surface area contributed by atoms with Gasteiger partial charge < -0.3 is 19.6 Å². The minimum Gasteiger partial charge on any atom is -0.308 e. The van der Waals surface area contributed by atoms with Gasteiger partial charge >= 0.3 is 0 Å². The lowest BCUT2D eigenvalue weighted by Crippen LogP contribution is -2.31. The predicted molar refractivity (Wildman–Crippen MR) is 537 cm³/mol. The molecule has 0 atom stereocenters. The average Bonchev–Trinajstić information content (AvgIpc) is 0.747. The van der Waals surface area contributed by atoms with E-state index in [0.717, 1.165) is 224 Å². The Balaban J connectivity index is 0.660. The molecule has 4 amide bonds. The van der Waals surface area contributed by atoms with Crippen LogP contribution in [-0.2, 0) is 0 Å². The van der Waals surface area contributed by atoms with Gasteiger partial charge in [0, 0.05) is 71.2 Å². The van der Waals surface area contributed by atoms with Crippen molar-refractivity contribution in [1.82, 2.24) is 0 Å². The molecule has 0 unspecified atom stereocenters. The second-order valence-corrected chi connectivity index (χ2v) is 33.7. The van der Waals surface area contributed by atoms with Crippen LogP contribution in [0.5, 0.6) is 0 Å². The highest BCUT2D eigenvalue weighted by Gasteiger charge is 2.29. The zero-order valence-electron chi connectivity index (χ0n) is 72.0. The van der Waals surface area contributed by atoms with Crippen LogP contribution in [0.1, 0.15) is 94.8 Å². The number of benzene rings is 20. The van der Waals surface area contributed by atoms with Crippen LogP contribution < -0.4 is 19.6 Å². The Morgan fingerprint density at radius 1 is 0.141 bits per heavy atom. The number of carbonyl (C=O) groups is 4. The zero-order chi connectivity index (χ0) is 86.6. The molecule has 0 radical (unpaired) electrons. The first-order valence-electron chi connectivity index (χ1n) is 44.9. The van der Waals surface area contributed by atoms with Crippen molar-refractivity contribution in [3.63, 3.8) is 0 Å². The second kappa shape index (κ2) is 33.8. The van der Waals surface area contributed by atoms with E-state index < -0.39 is 0 Å². The minimum absolute atomic E-state index is 0.0703. The number of hydrogen-bond donors (Lipinski definition) is 0. The Morgan fingerprint density at radius 3 is 0.352 bits per heavy atom. The van der Waals surface area contributed by atoms with Crippen LogP contribution in [0.3, 0.4) is 0 Å². The first-order valence-corrected chi connectivity index (χ1v) is 44.9. The van der Waals surface area contributed by atoms with Crippen molar-refractivity contribution in [1.29, 1.82) is 0 Å². The van der Waals surface area contributed by atoms with E-state index in [1.807, 2.05) is 68.1 Å². The molecule has 8 heteroatoms. The molecule has 0 aromatic heterocycles. The SMILES string of the molecule is CCCN1C(=O)c2ccc(cc2)-c2c3ccccc3c(c3ccccc23)-c2ccc(cc2)N(CCC)C(=O)c2ccc(cc2)-c2c3ccccc3c(c3ccccc23)-c2ccc(cc2)N(CCC)C(=O)c2ccc(cc2)-c2c3ccccc3c(c3ccccc23)-c2ccc(cc2)N(CCC)C(=O)c2ccc(cc2)-c2c3ccccc3c(c3ccccc23)-c2ccc1cc2.